The molecule has 0 spiro atoms. The van der Waals surface area contributed by atoms with E-state index < -0.39 is 0 Å². The first-order chi connectivity index (χ1) is 9.36. The van der Waals surface area contributed by atoms with Gasteiger partial charge in [-0.05, 0) is 24.5 Å². The van der Waals surface area contributed by atoms with E-state index in [-0.39, 0.29) is 35.5 Å². The van der Waals surface area contributed by atoms with Crippen molar-refractivity contribution in [2.24, 2.45) is 10.4 Å². The molecule has 2 N–H and O–H groups in total. The van der Waals surface area contributed by atoms with Gasteiger partial charge in [-0.1, -0.05) is 20.8 Å². The lowest BCUT2D eigenvalue weighted by Crippen LogP contribution is -2.45. The second-order valence-corrected chi connectivity index (χ2v) is 7.28. The maximum absolute atomic E-state index is 5.53. The molecule has 0 aliphatic carbocycles. The van der Waals surface area contributed by atoms with E-state index in [2.05, 4.69) is 55.5 Å². The van der Waals surface area contributed by atoms with E-state index >= 15 is 0 Å². The minimum atomic E-state index is 0. The Kier molecular flexibility index (Phi) is 9.48. The monoisotopic (exact) mass is 425 g/mol. The van der Waals surface area contributed by atoms with Crippen LogP contribution in [0.2, 0.25) is 0 Å². The van der Waals surface area contributed by atoms with Gasteiger partial charge in [-0.3, -0.25) is 4.99 Å². The Morgan fingerprint density at radius 2 is 2.00 bits per heavy atom. The highest BCUT2D eigenvalue weighted by molar-refractivity contribution is 14.0. The van der Waals surface area contributed by atoms with Gasteiger partial charge in [-0.2, -0.15) is 0 Å². The highest BCUT2D eigenvalue weighted by Crippen LogP contribution is 2.20. The third-order valence-corrected chi connectivity index (χ3v) is 4.16. The van der Waals surface area contributed by atoms with Crippen LogP contribution in [0, 0.1) is 12.3 Å². The van der Waals surface area contributed by atoms with Gasteiger partial charge in [0.2, 0.25) is 0 Å². The number of aliphatic imine (C=N–C) groups is 1. The SMILES string of the molecule is CN=C(NCc1ccc(C)s1)NCC(OC)C(C)(C)C.I. The molecule has 0 aliphatic rings. The second kappa shape index (κ2) is 9.63. The molecule has 0 amide bonds. The summed E-state index contributed by atoms with van der Waals surface area (Å²) in [5.74, 6) is 0.808. The number of ether oxygens (including phenoxy) is 1. The first-order valence-corrected chi connectivity index (χ1v) is 7.71. The van der Waals surface area contributed by atoms with Crippen LogP contribution in [0.4, 0.5) is 0 Å². The maximum atomic E-state index is 5.53. The number of thiophene rings is 1. The van der Waals surface area contributed by atoms with Crippen LogP contribution in [0.5, 0.6) is 0 Å². The van der Waals surface area contributed by atoms with Crippen molar-refractivity contribution in [2.45, 2.75) is 40.3 Å². The lowest BCUT2D eigenvalue weighted by atomic mass is 9.89. The molecule has 0 saturated heterocycles. The summed E-state index contributed by atoms with van der Waals surface area (Å²) < 4.78 is 5.53. The van der Waals surface area contributed by atoms with Crippen LogP contribution in [0.25, 0.3) is 0 Å². The Morgan fingerprint density at radius 3 is 2.43 bits per heavy atom. The molecule has 1 atom stereocenters. The van der Waals surface area contributed by atoms with Crippen LogP contribution >= 0.6 is 35.3 Å². The highest BCUT2D eigenvalue weighted by Gasteiger charge is 2.24. The quantitative estimate of drug-likeness (QED) is 0.432. The van der Waals surface area contributed by atoms with E-state index in [1.54, 1.807) is 25.5 Å². The van der Waals surface area contributed by atoms with Crippen molar-refractivity contribution in [3.63, 3.8) is 0 Å². The molecule has 0 fully saturated rings. The summed E-state index contributed by atoms with van der Waals surface area (Å²) in [5.41, 5.74) is 0.103. The minimum absolute atomic E-state index is 0. The van der Waals surface area contributed by atoms with E-state index in [4.69, 9.17) is 4.74 Å². The molecular weight excluding hydrogens is 397 g/mol. The van der Waals surface area contributed by atoms with E-state index in [1.807, 2.05) is 0 Å². The average molecular weight is 425 g/mol. The maximum Gasteiger partial charge on any atom is 0.191 e. The fourth-order valence-corrected chi connectivity index (χ4v) is 2.73. The van der Waals surface area contributed by atoms with Gasteiger partial charge in [-0.25, -0.2) is 0 Å². The summed E-state index contributed by atoms with van der Waals surface area (Å²) in [6.45, 7) is 10.2. The molecule has 21 heavy (non-hydrogen) atoms. The van der Waals surface area contributed by atoms with Gasteiger partial charge in [-0.15, -0.1) is 35.3 Å². The standard InChI is InChI=1S/C15H27N3OS.HI/c1-11-7-8-12(20-11)9-17-14(16-5)18-10-13(19-6)15(2,3)4;/h7-8,13H,9-10H2,1-6H3,(H2,16,17,18);1H. The number of nitrogens with zero attached hydrogens (tertiary/aromatic N) is 1. The van der Waals surface area contributed by atoms with E-state index in [0.717, 1.165) is 19.0 Å². The molecule has 1 heterocycles. The topological polar surface area (TPSA) is 45.7 Å². The van der Waals surface area contributed by atoms with Gasteiger partial charge in [0.1, 0.15) is 0 Å². The highest BCUT2D eigenvalue weighted by atomic mass is 127. The number of aryl methyl sites for hydroxylation is 1. The molecule has 1 unspecified atom stereocenters. The summed E-state index contributed by atoms with van der Waals surface area (Å²) in [6, 6.07) is 4.28. The van der Waals surface area contributed by atoms with Gasteiger partial charge >= 0.3 is 0 Å². The molecular formula is C15H28IN3OS. The minimum Gasteiger partial charge on any atom is -0.379 e. The first kappa shape index (κ1) is 20.7. The van der Waals surface area contributed by atoms with Crippen molar-refractivity contribution in [1.82, 2.24) is 10.6 Å². The Labute approximate surface area is 149 Å². The number of halogens is 1. The third-order valence-electron chi connectivity index (χ3n) is 3.16. The molecule has 6 heteroatoms. The van der Waals surface area contributed by atoms with Crippen molar-refractivity contribution < 1.29 is 4.74 Å². The van der Waals surface area contributed by atoms with Gasteiger partial charge in [0.15, 0.2) is 5.96 Å². The van der Waals surface area contributed by atoms with Crippen molar-refractivity contribution in [2.75, 3.05) is 20.7 Å². The number of guanidine groups is 1. The lowest BCUT2D eigenvalue weighted by Gasteiger charge is -2.30. The lowest BCUT2D eigenvalue weighted by molar-refractivity contribution is 0.0205. The number of hydrogen-bond acceptors (Lipinski definition) is 3. The Bertz CT molecular complexity index is 440. The zero-order valence-corrected chi connectivity index (χ0v) is 17.0. The zero-order chi connectivity index (χ0) is 15.2. The van der Waals surface area contributed by atoms with Crippen LogP contribution in [-0.2, 0) is 11.3 Å². The van der Waals surface area contributed by atoms with E-state index in [0.29, 0.717) is 0 Å². The molecule has 4 nitrogen and oxygen atoms in total. The zero-order valence-electron chi connectivity index (χ0n) is 13.8. The van der Waals surface area contributed by atoms with Crippen LogP contribution < -0.4 is 10.6 Å². The Balaban J connectivity index is 0.00000400. The molecule has 1 aromatic rings. The molecule has 0 radical (unpaired) electrons. The smallest absolute Gasteiger partial charge is 0.191 e. The van der Waals surface area contributed by atoms with Gasteiger partial charge in [0.25, 0.3) is 0 Å². The van der Waals surface area contributed by atoms with Crippen molar-refractivity contribution >= 4 is 41.3 Å². The number of methoxy groups -OCH3 is 1. The summed E-state index contributed by atoms with van der Waals surface area (Å²) >= 11 is 1.80. The Morgan fingerprint density at radius 1 is 1.33 bits per heavy atom. The van der Waals surface area contributed by atoms with Gasteiger partial charge in [0.05, 0.1) is 12.6 Å². The number of rotatable bonds is 5. The fraction of sp³-hybridized carbons (Fsp3) is 0.667. The number of hydrogen-bond donors (Lipinski definition) is 2. The van der Waals surface area contributed by atoms with E-state index in [1.165, 1.54) is 9.75 Å². The fourth-order valence-electron chi connectivity index (χ4n) is 1.90. The summed E-state index contributed by atoms with van der Waals surface area (Å²) in [7, 11) is 3.54. The van der Waals surface area contributed by atoms with Crippen molar-refractivity contribution in [3.8, 4) is 0 Å². The van der Waals surface area contributed by atoms with Gasteiger partial charge < -0.3 is 15.4 Å². The van der Waals surface area contributed by atoms with Crippen LogP contribution in [0.3, 0.4) is 0 Å². The predicted molar refractivity (Wildman–Crippen MR) is 103 cm³/mol. The number of nitrogens with one attached hydrogen (secondary N) is 2. The van der Waals surface area contributed by atoms with Crippen molar-refractivity contribution in [1.29, 1.82) is 0 Å². The molecule has 1 aromatic heterocycles. The third kappa shape index (κ3) is 7.46. The first-order valence-electron chi connectivity index (χ1n) is 6.89. The molecule has 0 aliphatic heterocycles. The average Bonchev–Trinajstić information content (AvgIpc) is 2.78. The van der Waals surface area contributed by atoms with Gasteiger partial charge in [0, 0.05) is 30.5 Å². The largest absolute Gasteiger partial charge is 0.379 e. The predicted octanol–water partition coefficient (Wildman–Crippen LogP) is 3.40. The molecule has 0 bridgehead atoms. The van der Waals surface area contributed by atoms with Crippen molar-refractivity contribution in [3.05, 3.63) is 21.9 Å². The second-order valence-electron chi connectivity index (χ2n) is 5.91. The normalized spacial score (nSPS) is 13.5. The molecule has 0 saturated carbocycles. The van der Waals surface area contributed by atoms with Crippen LogP contribution in [0.1, 0.15) is 30.5 Å². The molecule has 1 rings (SSSR count). The summed E-state index contributed by atoms with van der Waals surface area (Å²) in [5, 5.41) is 6.65. The summed E-state index contributed by atoms with van der Waals surface area (Å²) in [6.07, 6.45) is 0.144. The van der Waals surface area contributed by atoms with E-state index in [9.17, 15) is 0 Å². The van der Waals surface area contributed by atoms with Crippen LogP contribution in [-0.4, -0.2) is 32.8 Å². The van der Waals surface area contributed by atoms with Crippen LogP contribution in [0.15, 0.2) is 17.1 Å². The summed E-state index contributed by atoms with van der Waals surface area (Å²) in [4.78, 5) is 6.88. The Hall–Kier alpha value is -0.340. The molecule has 122 valence electrons. The molecule has 0 aromatic carbocycles.